The van der Waals surface area contributed by atoms with Crippen molar-refractivity contribution in [1.29, 1.82) is 0 Å². The van der Waals surface area contributed by atoms with Crippen LogP contribution >= 0.6 is 46.3 Å². The average molecular weight is 702 g/mol. The summed E-state index contributed by atoms with van der Waals surface area (Å²) >= 11 is 15.1. The Bertz CT molecular complexity index is 2330. The number of hydrogen-bond donors (Lipinski definition) is 0. The summed E-state index contributed by atoms with van der Waals surface area (Å²) in [5, 5.41) is 9.76. The van der Waals surface area contributed by atoms with Crippen molar-refractivity contribution in [2.75, 3.05) is 9.80 Å². The highest BCUT2D eigenvalue weighted by molar-refractivity contribution is 8.00. The molecular weight excluding hydrogens is 682 g/mol. The summed E-state index contributed by atoms with van der Waals surface area (Å²) in [5.74, 6) is -1.75. The maximum Gasteiger partial charge on any atom is 0.297 e. The van der Waals surface area contributed by atoms with Gasteiger partial charge in [0, 0.05) is 21.4 Å². The van der Waals surface area contributed by atoms with E-state index in [2.05, 4.69) is 10.2 Å². The maximum atomic E-state index is 15.1. The summed E-state index contributed by atoms with van der Waals surface area (Å²) in [6.07, 6.45) is 0. The van der Waals surface area contributed by atoms with Gasteiger partial charge >= 0.3 is 0 Å². The number of carbonyl (C=O) groups excluding carboxylic acids is 2. The summed E-state index contributed by atoms with van der Waals surface area (Å²) in [6.45, 7) is 0.0560. The molecule has 1 unspecified atom stereocenters. The monoisotopic (exact) mass is 700 g/mol. The summed E-state index contributed by atoms with van der Waals surface area (Å²) in [6, 6.07) is 24.9. The number of rotatable bonds is 6. The van der Waals surface area contributed by atoms with Crippen LogP contribution in [0.2, 0.25) is 10.0 Å². The van der Waals surface area contributed by atoms with Gasteiger partial charge in [0.15, 0.2) is 15.3 Å². The number of carbonyl (C=O) groups is 2. The summed E-state index contributed by atoms with van der Waals surface area (Å²) in [7, 11) is 0. The first-order valence-corrected chi connectivity index (χ1v) is 16.8. The van der Waals surface area contributed by atoms with E-state index in [4.69, 9.17) is 27.6 Å². The van der Waals surface area contributed by atoms with Gasteiger partial charge in [-0.1, -0.05) is 94.8 Å². The Labute approximate surface area is 284 Å². The molecule has 47 heavy (non-hydrogen) atoms. The van der Waals surface area contributed by atoms with Crippen LogP contribution in [-0.2, 0) is 22.6 Å². The molecule has 0 fully saturated rings. The molecule has 2 amide bonds. The van der Waals surface area contributed by atoms with Crippen LogP contribution in [0.3, 0.4) is 0 Å². The predicted octanol–water partition coefficient (Wildman–Crippen LogP) is 7.83. The molecule has 1 spiro atoms. The van der Waals surface area contributed by atoms with Crippen LogP contribution in [-0.4, -0.2) is 22.0 Å². The van der Waals surface area contributed by atoms with Crippen LogP contribution in [0, 0.1) is 5.82 Å². The molecule has 2 aliphatic heterocycles. The third-order valence-corrected chi connectivity index (χ3v) is 11.0. The Hall–Kier alpha value is -4.55. The van der Waals surface area contributed by atoms with E-state index in [1.54, 1.807) is 54.6 Å². The summed E-state index contributed by atoms with van der Waals surface area (Å²) in [4.78, 5) is 46.6. The second-order valence-electron chi connectivity index (χ2n) is 10.9. The lowest BCUT2D eigenvalue weighted by molar-refractivity contribution is -0.121. The fourth-order valence-electron chi connectivity index (χ4n) is 6.17. The van der Waals surface area contributed by atoms with Crippen LogP contribution < -0.4 is 15.2 Å². The molecule has 0 saturated heterocycles. The first kappa shape index (κ1) is 29.8. The quantitative estimate of drug-likeness (QED) is 0.129. The Morgan fingerprint density at radius 2 is 1.68 bits per heavy atom. The molecule has 2 aromatic heterocycles. The van der Waals surface area contributed by atoms with Crippen molar-refractivity contribution in [3.8, 4) is 0 Å². The molecule has 4 heterocycles. The van der Waals surface area contributed by atoms with Crippen LogP contribution in [0.5, 0.6) is 0 Å². The smallest absolute Gasteiger partial charge is 0.297 e. The third-order valence-electron chi connectivity index (χ3n) is 8.24. The average Bonchev–Trinajstić information content (AvgIpc) is 3.71. The fraction of sp³-hybridized carbons (Fsp3) is 0.0882. The van der Waals surface area contributed by atoms with Gasteiger partial charge in [-0.05, 0) is 53.6 Å². The standard InChI is InChI=1S/C34H19Cl2FN4O4S2/c35-20-11-9-18(10-12-20)17-46-33-39-38-32(47-33)41-30(43)29-27(28(42)22-15-21(37)13-14-26(22)45-29)34(41)23-6-2-4-8-25(23)40(31(34)44)16-19-5-1-3-7-24(19)36/h1-15H,16-17H2. The number of fused-ring (bicyclic) bond motifs is 5. The number of halogens is 3. The molecule has 0 N–H and O–H groups in total. The second kappa shape index (κ2) is 11.3. The minimum absolute atomic E-state index is 0.0172. The van der Waals surface area contributed by atoms with Crippen molar-refractivity contribution >= 4 is 79.9 Å². The van der Waals surface area contributed by atoms with Gasteiger partial charge in [-0.2, -0.15) is 0 Å². The van der Waals surface area contributed by atoms with Crippen LogP contribution in [0.25, 0.3) is 11.0 Å². The molecule has 0 aliphatic carbocycles. The molecule has 1 atom stereocenters. The number of nitrogens with zero attached hydrogens (tertiary/aromatic N) is 4. The van der Waals surface area contributed by atoms with Crippen molar-refractivity contribution in [2.45, 2.75) is 22.2 Å². The topological polar surface area (TPSA) is 96.6 Å². The molecule has 6 aromatic rings. The Balaban J connectivity index is 1.32. The maximum absolute atomic E-state index is 15.1. The van der Waals surface area contributed by atoms with E-state index in [-0.39, 0.29) is 34.0 Å². The molecule has 8 rings (SSSR count). The van der Waals surface area contributed by atoms with Gasteiger partial charge in [0.05, 0.1) is 23.2 Å². The number of benzene rings is 4. The first-order chi connectivity index (χ1) is 22.8. The molecule has 232 valence electrons. The zero-order valence-corrected chi connectivity index (χ0v) is 27.1. The van der Waals surface area contributed by atoms with E-state index in [1.165, 1.54) is 27.6 Å². The SMILES string of the molecule is O=C1c2oc3ccc(F)cc3c(=O)c2C2(C(=O)N(Cc3ccccc3Cl)c3ccccc32)N1c1nnc(SCc2ccc(Cl)cc2)s1. The lowest BCUT2D eigenvalue weighted by atomic mass is 9.84. The van der Waals surface area contributed by atoms with Crippen molar-refractivity contribution in [2.24, 2.45) is 0 Å². The van der Waals surface area contributed by atoms with Crippen molar-refractivity contribution in [1.82, 2.24) is 10.2 Å². The Kier molecular flexibility index (Phi) is 7.17. The van der Waals surface area contributed by atoms with E-state index in [0.29, 0.717) is 37.0 Å². The van der Waals surface area contributed by atoms with Gasteiger partial charge in [0.1, 0.15) is 11.4 Å². The number of amides is 2. The lowest BCUT2D eigenvalue weighted by Crippen LogP contribution is -2.53. The predicted molar refractivity (Wildman–Crippen MR) is 180 cm³/mol. The van der Waals surface area contributed by atoms with Gasteiger partial charge in [0.2, 0.25) is 10.9 Å². The van der Waals surface area contributed by atoms with Crippen LogP contribution in [0.4, 0.5) is 15.2 Å². The van der Waals surface area contributed by atoms with Gasteiger partial charge in [-0.3, -0.25) is 19.3 Å². The molecule has 0 radical (unpaired) electrons. The van der Waals surface area contributed by atoms with Crippen molar-refractivity contribution in [3.63, 3.8) is 0 Å². The Morgan fingerprint density at radius 3 is 2.49 bits per heavy atom. The number of hydrogen-bond acceptors (Lipinski definition) is 8. The zero-order chi connectivity index (χ0) is 32.4. The van der Waals surface area contributed by atoms with Gasteiger partial charge in [-0.15, -0.1) is 10.2 Å². The second-order valence-corrected chi connectivity index (χ2v) is 13.9. The highest BCUT2D eigenvalue weighted by Crippen LogP contribution is 2.55. The summed E-state index contributed by atoms with van der Waals surface area (Å²) in [5.41, 5.74) is -0.379. The minimum Gasteiger partial charge on any atom is -0.450 e. The number of aromatic nitrogens is 2. The number of para-hydroxylation sites is 1. The van der Waals surface area contributed by atoms with Crippen molar-refractivity contribution in [3.05, 3.63) is 145 Å². The van der Waals surface area contributed by atoms with E-state index in [0.717, 1.165) is 29.0 Å². The summed E-state index contributed by atoms with van der Waals surface area (Å²) < 4.78 is 21.0. The van der Waals surface area contributed by atoms with E-state index < -0.39 is 28.6 Å². The highest BCUT2D eigenvalue weighted by atomic mass is 35.5. The zero-order valence-electron chi connectivity index (χ0n) is 23.9. The molecular formula is C34H19Cl2FN4O4S2. The lowest BCUT2D eigenvalue weighted by Gasteiger charge is -2.32. The number of anilines is 2. The highest BCUT2D eigenvalue weighted by Gasteiger charge is 2.66. The molecule has 0 bridgehead atoms. The normalized spacial score (nSPS) is 16.8. The van der Waals surface area contributed by atoms with Crippen LogP contribution in [0.15, 0.2) is 105 Å². The number of thioether (sulfide) groups is 1. The van der Waals surface area contributed by atoms with Crippen LogP contribution in [0.1, 0.15) is 32.8 Å². The molecule has 4 aromatic carbocycles. The van der Waals surface area contributed by atoms with Crippen molar-refractivity contribution < 1.29 is 18.4 Å². The molecule has 2 aliphatic rings. The van der Waals surface area contributed by atoms with E-state index >= 15 is 4.79 Å². The fourth-order valence-corrected chi connectivity index (χ4v) is 8.34. The largest absolute Gasteiger partial charge is 0.450 e. The van der Waals surface area contributed by atoms with Gasteiger partial charge in [0.25, 0.3) is 11.8 Å². The van der Waals surface area contributed by atoms with E-state index in [1.807, 2.05) is 18.2 Å². The minimum atomic E-state index is -2.01. The van der Waals surface area contributed by atoms with Gasteiger partial charge in [-0.25, -0.2) is 4.39 Å². The van der Waals surface area contributed by atoms with Gasteiger partial charge < -0.3 is 9.32 Å². The molecule has 8 nitrogen and oxygen atoms in total. The Morgan fingerprint density at radius 1 is 0.915 bits per heavy atom. The first-order valence-electron chi connectivity index (χ1n) is 14.2. The third kappa shape index (κ3) is 4.60. The van der Waals surface area contributed by atoms with E-state index in [9.17, 15) is 14.0 Å². The molecule has 0 saturated carbocycles. The molecule has 13 heteroatoms.